The number of benzene rings is 2. The molecule has 2 aliphatic carbocycles. The second-order valence-corrected chi connectivity index (χ2v) is 5.10. The van der Waals surface area contributed by atoms with Gasteiger partial charge in [0.15, 0.2) is 0 Å². The van der Waals surface area contributed by atoms with Gasteiger partial charge in [0.2, 0.25) is 0 Å². The van der Waals surface area contributed by atoms with Crippen molar-refractivity contribution in [1.29, 1.82) is 0 Å². The van der Waals surface area contributed by atoms with Gasteiger partial charge in [-0.2, -0.15) is 83.9 Å². The summed E-state index contributed by atoms with van der Waals surface area (Å²) in [5.41, 5.74) is 2.39. The molecule has 4 rings (SSSR count). The van der Waals surface area contributed by atoms with Crippen molar-refractivity contribution in [2.24, 2.45) is 0 Å². The molecule has 0 radical (unpaired) electrons. The van der Waals surface area contributed by atoms with Crippen LogP contribution in [0.4, 0.5) is 0 Å². The first-order chi connectivity index (χ1) is 11.8. The molecule has 0 unspecified atom stereocenters. The van der Waals surface area contributed by atoms with Gasteiger partial charge >= 0.3 is 25.8 Å². The summed E-state index contributed by atoms with van der Waals surface area (Å²) < 4.78 is 0. The maximum atomic E-state index is 3.03. The molecule has 2 aliphatic rings. The summed E-state index contributed by atoms with van der Waals surface area (Å²) in [5.74, 6) is 0. The molecule has 0 heterocycles. The van der Waals surface area contributed by atoms with E-state index in [9.17, 15) is 0 Å². The van der Waals surface area contributed by atoms with Gasteiger partial charge in [0.1, 0.15) is 0 Å². The Hall–Kier alpha value is -1.73. The smallest absolute Gasteiger partial charge is 0.273 e. The molecule has 2 aromatic rings. The molecule has 1 heteroatoms. The Morgan fingerprint density at radius 1 is 0.680 bits per heavy atom. The van der Waals surface area contributed by atoms with Crippen LogP contribution in [0, 0.1) is 38.1 Å². The van der Waals surface area contributed by atoms with Crippen LogP contribution in [0.3, 0.4) is 0 Å². The molecule has 0 amide bonds. The van der Waals surface area contributed by atoms with Crippen molar-refractivity contribution >= 4 is 0 Å². The zero-order chi connectivity index (χ0) is 17.3. The summed E-state index contributed by atoms with van der Waals surface area (Å²) in [7, 11) is 0. The van der Waals surface area contributed by atoms with Gasteiger partial charge in [-0.25, -0.2) is 24.3 Å². The van der Waals surface area contributed by atoms with Crippen molar-refractivity contribution in [2.75, 3.05) is 0 Å². The molecular weight excluding hydrogens is 467 g/mol. The molecule has 0 spiro atoms. The Morgan fingerprint density at radius 3 is 1.24 bits per heavy atom. The Balaban J connectivity index is 0.000000307. The summed E-state index contributed by atoms with van der Waals surface area (Å²) in [6, 6.07) is 21.9. The van der Waals surface area contributed by atoms with Gasteiger partial charge in [-0.3, -0.25) is 12.2 Å². The van der Waals surface area contributed by atoms with Crippen LogP contribution < -0.4 is 0 Å². The van der Waals surface area contributed by atoms with E-state index in [4.69, 9.17) is 0 Å². The molecule has 0 fully saturated rings. The largest absolute Gasteiger partial charge is 4.00 e. The number of hydrogen-bond acceptors (Lipinski definition) is 0. The molecule has 0 saturated carbocycles. The minimum absolute atomic E-state index is 0. The van der Waals surface area contributed by atoms with Crippen molar-refractivity contribution in [2.45, 2.75) is 26.7 Å². The third-order valence-electron chi connectivity index (χ3n) is 2.90. The average Bonchev–Trinajstić information content (AvgIpc) is 3.36. The molecule has 25 heavy (non-hydrogen) atoms. The van der Waals surface area contributed by atoms with Crippen LogP contribution in [0.1, 0.15) is 24.0 Å². The van der Waals surface area contributed by atoms with Gasteiger partial charge in [0.25, 0.3) is 0 Å². The van der Waals surface area contributed by atoms with Crippen LogP contribution in [0.25, 0.3) is 0 Å². The monoisotopic (exact) mass is 492 g/mol. The molecule has 0 aromatic heterocycles. The van der Waals surface area contributed by atoms with Gasteiger partial charge < -0.3 is 0 Å². The number of aryl methyl sites for hydroxylation is 2. The minimum atomic E-state index is 0. The van der Waals surface area contributed by atoms with Crippen LogP contribution in [-0.4, -0.2) is 0 Å². The quantitative estimate of drug-likeness (QED) is 0.305. The Kier molecular flexibility index (Phi) is 15.9. The number of hydrogen-bond donors (Lipinski definition) is 0. The van der Waals surface area contributed by atoms with E-state index in [1.807, 2.05) is 86.7 Å². The molecule has 0 bridgehead atoms. The predicted molar refractivity (Wildman–Crippen MR) is 103 cm³/mol. The molecule has 124 valence electrons. The van der Waals surface area contributed by atoms with E-state index in [1.54, 1.807) is 0 Å². The van der Waals surface area contributed by atoms with Gasteiger partial charge in [-0.1, -0.05) is 13.8 Å². The van der Waals surface area contributed by atoms with Crippen molar-refractivity contribution in [3.05, 3.63) is 120 Å². The van der Waals surface area contributed by atoms with Crippen LogP contribution >= 0.6 is 0 Å². The topological polar surface area (TPSA) is 0 Å². The first-order valence-corrected chi connectivity index (χ1v) is 8.09. The van der Waals surface area contributed by atoms with Crippen molar-refractivity contribution in [3.8, 4) is 0 Å². The van der Waals surface area contributed by atoms with E-state index in [-0.39, 0.29) is 25.8 Å². The number of allylic oxidation sites excluding steroid dienone is 8. The zero-order valence-corrected chi connectivity index (χ0v) is 18.6. The summed E-state index contributed by atoms with van der Waals surface area (Å²) in [6.45, 7) is 4.06. The van der Waals surface area contributed by atoms with Gasteiger partial charge in [0, 0.05) is 0 Å². The van der Waals surface area contributed by atoms with Gasteiger partial charge in [-0.05, 0) is 0 Å². The van der Waals surface area contributed by atoms with E-state index >= 15 is 0 Å². The first-order valence-electron chi connectivity index (χ1n) is 8.09. The minimum Gasteiger partial charge on any atom is -0.273 e. The first kappa shape index (κ1) is 23.3. The molecule has 0 saturated heterocycles. The van der Waals surface area contributed by atoms with Crippen molar-refractivity contribution < 1.29 is 25.8 Å². The Bertz CT molecular complexity index is 555. The van der Waals surface area contributed by atoms with E-state index in [0.29, 0.717) is 0 Å². The Morgan fingerprint density at radius 2 is 1.12 bits per heavy atom. The summed E-state index contributed by atoms with van der Waals surface area (Å²) in [4.78, 5) is 0. The maximum absolute atomic E-state index is 3.03. The predicted octanol–water partition coefficient (Wildman–Crippen LogP) is 6.20. The van der Waals surface area contributed by atoms with E-state index in [2.05, 4.69) is 36.4 Å². The molecular formula is C24H24Hf. The van der Waals surface area contributed by atoms with Gasteiger partial charge in [-0.15, -0.1) is 12.8 Å². The fourth-order valence-electron chi connectivity index (χ4n) is 1.65. The molecule has 0 nitrogen and oxygen atoms in total. The number of rotatable bonds is 0. The third-order valence-corrected chi connectivity index (χ3v) is 2.90. The third kappa shape index (κ3) is 15.5. The zero-order valence-electron chi connectivity index (χ0n) is 15.0. The standard InChI is InChI=1S/2C7H7.2C5H5.Hf/c2*1-7-5-3-2-4-6-7;2*1-2-4-5-3-1;/h2*2-5H,1H3;2*1-3H,4H2;/q4*-1;+4. The molecule has 0 N–H and O–H groups in total. The maximum Gasteiger partial charge on any atom is 4.00 e. The normalized spacial score (nSPS) is 11.9. The summed E-state index contributed by atoms with van der Waals surface area (Å²) in [5, 5.41) is 0. The van der Waals surface area contributed by atoms with E-state index in [1.165, 1.54) is 11.1 Å². The second-order valence-electron chi connectivity index (χ2n) is 5.10. The van der Waals surface area contributed by atoms with Crippen molar-refractivity contribution in [1.82, 2.24) is 0 Å². The SMILES string of the molecule is Cc1[c-]cccc1.Cc1[c-]cccc1.[C-]1=CC=CC1.[C-]1=CC=CC1.[Hf+4]. The van der Waals surface area contributed by atoms with E-state index in [0.717, 1.165) is 12.8 Å². The molecule has 0 atom stereocenters. The average molecular weight is 491 g/mol. The summed E-state index contributed by atoms with van der Waals surface area (Å²) in [6.07, 6.45) is 20.0. The fourth-order valence-corrected chi connectivity index (χ4v) is 1.65. The summed E-state index contributed by atoms with van der Waals surface area (Å²) >= 11 is 0. The Labute approximate surface area is 172 Å². The van der Waals surface area contributed by atoms with Crippen LogP contribution in [0.5, 0.6) is 0 Å². The molecule has 0 aliphatic heterocycles. The molecule has 2 aromatic carbocycles. The van der Waals surface area contributed by atoms with E-state index < -0.39 is 0 Å². The van der Waals surface area contributed by atoms with Crippen LogP contribution in [-0.2, 0) is 25.8 Å². The fraction of sp³-hybridized carbons (Fsp3) is 0.167. The van der Waals surface area contributed by atoms with Crippen molar-refractivity contribution in [3.63, 3.8) is 0 Å². The van der Waals surface area contributed by atoms with Gasteiger partial charge in [0.05, 0.1) is 0 Å². The van der Waals surface area contributed by atoms with Crippen LogP contribution in [0.15, 0.2) is 85.0 Å². The van der Waals surface area contributed by atoms with Crippen LogP contribution in [0.2, 0.25) is 0 Å². The second kappa shape index (κ2) is 17.1.